The van der Waals surface area contributed by atoms with Gasteiger partial charge in [-0.1, -0.05) is 24.3 Å². The van der Waals surface area contributed by atoms with Crippen LogP contribution in [0, 0.1) is 0 Å². The van der Waals surface area contributed by atoms with Crippen molar-refractivity contribution in [3.63, 3.8) is 0 Å². The van der Waals surface area contributed by atoms with E-state index in [1.54, 1.807) is 6.08 Å². The molecule has 5 nitrogen and oxygen atoms in total. The van der Waals surface area contributed by atoms with Gasteiger partial charge in [0.15, 0.2) is 11.5 Å². The van der Waals surface area contributed by atoms with Gasteiger partial charge in [0, 0.05) is 18.2 Å². The average Bonchev–Trinajstić information content (AvgIpc) is 3.23. The zero-order valence-corrected chi connectivity index (χ0v) is 16.1. The van der Waals surface area contributed by atoms with E-state index in [1.807, 2.05) is 60.4 Å². The number of likely N-dealkylation sites (tertiary alicyclic amines) is 1. The van der Waals surface area contributed by atoms with Gasteiger partial charge in [0.1, 0.15) is 19.0 Å². The molecule has 28 heavy (non-hydrogen) atoms. The quantitative estimate of drug-likeness (QED) is 0.730. The summed E-state index contributed by atoms with van der Waals surface area (Å²) in [5, 5.41) is 0. The predicted octanol–water partition coefficient (Wildman–Crippen LogP) is 4.23. The van der Waals surface area contributed by atoms with E-state index in [0.717, 1.165) is 47.8 Å². The predicted molar refractivity (Wildman–Crippen MR) is 108 cm³/mol. The fourth-order valence-corrected chi connectivity index (χ4v) is 3.81. The second kappa shape index (κ2) is 8.38. The van der Waals surface area contributed by atoms with E-state index in [9.17, 15) is 4.79 Å². The maximum atomic E-state index is 12.9. The average molecular weight is 379 g/mol. The molecule has 0 aliphatic carbocycles. The second-order valence-corrected chi connectivity index (χ2v) is 6.90. The molecule has 5 heteroatoms. The Morgan fingerprint density at radius 3 is 2.86 bits per heavy atom. The molecule has 2 heterocycles. The van der Waals surface area contributed by atoms with Crippen LogP contribution in [0.1, 0.15) is 36.9 Å². The molecule has 0 saturated carbocycles. The van der Waals surface area contributed by atoms with E-state index < -0.39 is 0 Å². The zero-order valence-electron chi connectivity index (χ0n) is 16.1. The van der Waals surface area contributed by atoms with Crippen molar-refractivity contribution in [2.75, 3.05) is 26.4 Å². The number of hydrogen-bond acceptors (Lipinski definition) is 4. The van der Waals surface area contributed by atoms with Gasteiger partial charge in [-0.2, -0.15) is 0 Å². The highest BCUT2D eigenvalue weighted by Gasteiger charge is 2.29. The van der Waals surface area contributed by atoms with Crippen molar-refractivity contribution < 1.29 is 19.0 Å². The normalized spacial score (nSPS) is 18.5. The third-order valence-electron chi connectivity index (χ3n) is 5.11. The number of carbonyl (C=O) groups excluding carboxylic acids is 1. The fraction of sp³-hybridized carbons (Fsp3) is 0.348. The van der Waals surface area contributed by atoms with Gasteiger partial charge in [0.2, 0.25) is 5.91 Å². The molecular formula is C23H25NO4. The first-order valence-electron chi connectivity index (χ1n) is 9.86. The SMILES string of the molecule is CCOc1ccccc1/C=C/C(=O)N1CCCC1c1ccc2c(c1)OCCO2. The van der Waals surface area contributed by atoms with Crippen LogP contribution in [0.3, 0.4) is 0 Å². The highest BCUT2D eigenvalue weighted by atomic mass is 16.6. The molecule has 0 N–H and O–H groups in total. The molecule has 1 fully saturated rings. The lowest BCUT2D eigenvalue weighted by atomic mass is 10.0. The third-order valence-corrected chi connectivity index (χ3v) is 5.11. The lowest BCUT2D eigenvalue weighted by Crippen LogP contribution is -2.29. The number of ether oxygens (including phenoxy) is 3. The van der Waals surface area contributed by atoms with Crippen LogP contribution >= 0.6 is 0 Å². The van der Waals surface area contributed by atoms with E-state index in [0.29, 0.717) is 19.8 Å². The minimum atomic E-state index is 0.0173. The summed E-state index contributed by atoms with van der Waals surface area (Å²) in [6.07, 6.45) is 5.43. The Morgan fingerprint density at radius 1 is 1.18 bits per heavy atom. The highest BCUT2D eigenvalue weighted by Crippen LogP contribution is 2.38. The largest absolute Gasteiger partial charge is 0.493 e. The van der Waals surface area contributed by atoms with Crippen molar-refractivity contribution in [2.24, 2.45) is 0 Å². The van der Waals surface area contributed by atoms with E-state index in [-0.39, 0.29) is 11.9 Å². The first-order chi connectivity index (χ1) is 13.8. The van der Waals surface area contributed by atoms with Crippen molar-refractivity contribution in [2.45, 2.75) is 25.8 Å². The van der Waals surface area contributed by atoms with Crippen LogP contribution in [-0.4, -0.2) is 37.2 Å². The van der Waals surface area contributed by atoms with E-state index >= 15 is 0 Å². The summed E-state index contributed by atoms with van der Waals surface area (Å²) in [4.78, 5) is 14.8. The lowest BCUT2D eigenvalue weighted by molar-refractivity contribution is -0.126. The Hall–Kier alpha value is -2.95. The Bertz CT molecular complexity index is 877. The van der Waals surface area contributed by atoms with Crippen molar-refractivity contribution in [1.29, 1.82) is 0 Å². The maximum Gasteiger partial charge on any atom is 0.247 e. The summed E-state index contributed by atoms with van der Waals surface area (Å²) in [5.41, 5.74) is 2.01. The van der Waals surface area contributed by atoms with Crippen molar-refractivity contribution in [1.82, 2.24) is 4.90 Å². The molecular weight excluding hydrogens is 354 g/mol. The van der Waals surface area contributed by atoms with Gasteiger partial charge in [0.05, 0.1) is 12.6 Å². The standard InChI is InChI=1S/C23H25NO4/c1-2-26-20-8-4-3-6-17(20)10-12-23(25)24-13-5-7-19(24)18-9-11-21-22(16-18)28-15-14-27-21/h3-4,6,8-12,16,19H,2,5,7,13-15H2,1H3/b12-10+. The molecule has 1 atom stereocenters. The van der Waals surface area contributed by atoms with Gasteiger partial charge in [0.25, 0.3) is 0 Å². The molecule has 0 radical (unpaired) electrons. The van der Waals surface area contributed by atoms with Crippen molar-refractivity contribution in [3.8, 4) is 17.2 Å². The molecule has 0 spiro atoms. The molecule has 2 aromatic carbocycles. The number of rotatable bonds is 5. The van der Waals surface area contributed by atoms with Crippen LogP contribution in [-0.2, 0) is 4.79 Å². The highest BCUT2D eigenvalue weighted by molar-refractivity contribution is 5.92. The molecule has 2 aliphatic rings. The summed E-state index contributed by atoms with van der Waals surface area (Å²) in [5.74, 6) is 2.35. The van der Waals surface area contributed by atoms with Crippen LogP contribution in [0.25, 0.3) is 6.08 Å². The van der Waals surface area contributed by atoms with E-state index in [2.05, 4.69) is 0 Å². The second-order valence-electron chi connectivity index (χ2n) is 6.90. The summed E-state index contributed by atoms with van der Waals surface area (Å²) in [6, 6.07) is 13.8. The van der Waals surface area contributed by atoms with Crippen LogP contribution in [0.2, 0.25) is 0 Å². The lowest BCUT2D eigenvalue weighted by Gasteiger charge is -2.26. The molecule has 4 rings (SSSR count). The summed E-state index contributed by atoms with van der Waals surface area (Å²) in [7, 11) is 0. The number of para-hydroxylation sites is 1. The number of nitrogens with zero attached hydrogens (tertiary/aromatic N) is 1. The minimum Gasteiger partial charge on any atom is -0.493 e. The van der Waals surface area contributed by atoms with Gasteiger partial charge in [-0.05, 0) is 49.6 Å². The summed E-state index contributed by atoms with van der Waals surface area (Å²) in [6.45, 7) is 4.44. The van der Waals surface area contributed by atoms with Crippen LogP contribution in [0.15, 0.2) is 48.5 Å². The Morgan fingerprint density at radius 2 is 2.00 bits per heavy atom. The Kier molecular flexibility index (Phi) is 5.51. The van der Waals surface area contributed by atoms with Gasteiger partial charge >= 0.3 is 0 Å². The van der Waals surface area contributed by atoms with Crippen LogP contribution < -0.4 is 14.2 Å². The number of amides is 1. The minimum absolute atomic E-state index is 0.0173. The number of benzene rings is 2. The first-order valence-corrected chi connectivity index (χ1v) is 9.86. The first kappa shape index (κ1) is 18.4. The fourth-order valence-electron chi connectivity index (χ4n) is 3.81. The number of hydrogen-bond donors (Lipinski definition) is 0. The monoisotopic (exact) mass is 379 g/mol. The molecule has 146 valence electrons. The smallest absolute Gasteiger partial charge is 0.247 e. The summed E-state index contributed by atoms with van der Waals surface area (Å²) >= 11 is 0. The molecule has 2 aromatic rings. The number of carbonyl (C=O) groups is 1. The van der Waals surface area contributed by atoms with Gasteiger partial charge in [-0.15, -0.1) is 0 Å². The molecule has 1 saturated heterocycles. The summed E-state index contributed by atoms with van der Waals surface area (Å²) < 4.78 is 16.9. The third kappa shape index (κ3) is 3.84. The van der Waals surface area contributed by atoms with Crippen LogP contribution in [0.4, 0.5) is 0 Å². The molecule has 1 unspecified atom stereocenters. The Balaban J connectivity index is 1.51. The van der Waals surface area contributed by atoms with Gasteiger partial charge < -0.3 is 19.1 Å². The van der Waals surface area contributed by atoms with Crippen molar-refractivity contribution >= 4 is 12.0 Å². The topological polar surface area (TPSA) is 48.0 Å². The Labute approximate surface area is 165 Å². The molecule has 2 aliphatic heterocycles. The van der Waals surface area contributed by atoms with Crippen LogP contribution in [0.5, 0.6) is 17.2 Å². The van der Waals surface area contributed by atoms with E-state index in [4.69, 9.17) is 14.2 Å². The van der Waals surface area contributed by atoms with E-state index in [1.165, 1.54) is 0 Å². The van der Waals surface area contributed by atoms with Gasteiger partial charge in [-0.3, -0.25) is 4.79 Å². The molecule has 0 bridgehead atoms. The molecule has 1 amide bonds. The van der Waals surface area contributed by atoms with Gasteiger partial charge in [-0.25, -0.2) is 0 Å². The maximum absolute atomic E-state index is 12.9. The molecule has 0 aromatic heterocycles. The van der Waals surface area contributed by atoms with Crippen molar-refractivity contribution in [3.05, 3.63) is 59.7 Å². The zero-order chi connectivity index (χ0) is 19.3. The number of fused-ring (bicyclic) bond motifs is 1.